The van der Waals surface area contributed by atoms with Crippen molar-refractivity contribution in [2.24, 2.45) is 5.92 Å². The molecule has 6 heteroatoms. The predicted molar refractivity (Wildman–Crippen MR) is 98.0 cm³/mol. The van der Waals surface area contributed by atoms with E-state index in [-0.39, 0.29) is 23.8 Å². The van der Waals surface area contributed by atoms with Crippen molar-refractivity contribution in [3.05, 3.63) is 29.8 Å². The SMILES string of the molecule is COc1cccc(CCNC(=O)C2CCN(C(=O)C3CCCO3)CC2)c1. The first-order chi connectivity index (χ1) is 12.7. The van der Waals surface area contributed by atoms with Crippen molar-refractivity contribution < 1.29 is 19.1 Å². The van der Waals surface area contributed by atoms with Crippen molar-refractivity contribution in [1.29, 1.82) is 0 Å². The second kappa shape index (κ2) is 9.03. The maximum atomic E-state index is 12.4. The van der Waals surface area contributed by atoms with Gasteiger partial charge in [-0.3, -0.25) is 9.59 Å². The lowest BCUT2D eigenvalue weighted by atomic mass is 9.95. The molecule has 1 unspecified atom stereocenters. The number of nitrogens with one attached hydrogen (secondary N) is 1. The van der Waals surface area contributed by atoms with Gasteiger partial charge in [0.1, 0.15) is 11.9 Å². The number of carbonyl (C=O) groups excluding carboxylic acids is 2. The lowest BCUT2D eigenvalue weighted by Crippen LogP contribution is -2.46. The summed E-state index contributed by atoms with van der Waals surface area (Å²) in [5.41, 5.74) is 1.14. The van der Waals surface area contributed by atoms with E-state index in [1.165, 1.54) is 0 Å². The highest BCUT2D eigenvalue weighted by molar-refractivity contribution is 5.82. The number of amides is 2. The molecule has 0 radical (unpaired) electrons. The molecular formula is C20H28N2O4. The van der Waals surface area contributed by atoms with Crippen molar-refractivity contribution in [3.8, 4) is 5.75 Å². The van der Waals surface area contributed by atoms with Gasteiger partial charge in [0.25, 0.3) is 5.91 Å². The molecule has 2 saturated heterocycles. The summed E-state index contributed by atoms with van der Waals surface area (Å²) in [6.07, 6.45) is 3.75. The van der Waals surface area contributed by atoms with Crippen molar-refractivity contribution in [2.75, 3.05) is 33.4 Å². The summed E-state index contributed by atoms with van der Waals surface area (Å²) >= 11 is 0. The van der Waals surface area contributed by atoms with Gasteiger partial charge in [0.05, 0.1) is 7.11 Å². The standard InChI is InChI=1S/C20H28N2O4/c1-25-17-5-2-4-15(14-17)7-10-21-19(23)16-8-11-22(12-9-16)20(24)18-6-3-13-26-18/h2,4-5,14,16,18H,3,6-13H2,1H3,(H,21,23). The number of hydrogen-bond acceptors (Lipinski definition) is 4. The molecule has 1 N–H and O–H groups in total. The topological polar surface area (TPSA) is 67.9 Å². The molecule has 1 aromatic carbocycles. The van der Waals surface area contributed by atoms with Gasteiger partial charge in [-0.25, -0.2) is 0 Å². The minimum Gasteiger partial charge on any atom is -0.497 e. The molecule has 3 rings (SSSR count). The first-order valence-electron chi connectivity index (χ1n) is 9.48. The summed E-state index contributed by atoms with van der Waals surface area (Å²) in [6.45, 7) is 2.59. The number of piperidine rings is 1. The number of ether oxygens (including phenoxy) is 2. The third-order valence-corrected chi connectivity index (χ3v) is 5.23. The summed E-state index contributed by atoms with van der Waals surface area (Å²) in [7, 11) is 1.65. The van der Waals surface area contributed by atoms with Crippen LogP contribution in [0.4, 0.5) is 0 Å². The summed E-state index contributed by atoms with van der Waals surface area (Å²) in [5.74, 6) is 1.02. The monoisotopic (exact) mass is 360 g/mol. The maximum absolute atomic E-state index is 12.4. The Bertz CT molecular complexity index is 620. The zero-order chi connectivity index (χ0) is 18.4. The Balaban J connectivity index is 1.38. The van der Waals surface area contributed by atoms with Crippen molar-refractivity contribution in [2.45, 2.75) is 38.2 Å². The van der Waals surface area contributed by atoms with Gasteiger partial charge >= 0.3 is 0 Å². The minimum atomic E-state index is -0.261. The Hall–Kier alpha value is -2.08. The van der Waals surface area contributed by atoms with Gasteiger partial charge < -0.3 is 19.7 Å². The molecule has 1 aromatic rings. The molecule has 0 saturated carbocycles. The first-order valence-corrected chi connectivity index (χ1v) is 9.48. The predicted octanol–water partition coefficient (Wildman–Crippen LogP) is 1.77. The van der Waals surface area contributed by atoms with E-state index in [0.717, 1.165) is 43.4 Å². The lowest BCUT2D eigenvalue weighted by molar-refractivity contribution is -0.143. The summed E-state index contributed by atoms with van der Waals surface area (Å²) < 4.78 is 10.7. The number of methoxy groups -OCH3 is 1. The van der Waals surface area contributed by atoms with Crippen LogP contribution >= 0.6 is 0 Å². The van der Waals surface area contributed by atoms with E-state index in [2.05, 4.69) is 5.32 Å². The Morgan fingerprint density at radius 3 is 2.77 bits per heavy atom. The van der Waals surface area contributed by atoms with Crippen molar-refractivity contribution in [1.82, 2.24) is 10.2 Å². The second-order valence-corrected chi connectivity index (χ2v) is 6.99. The highest BCUT2D eigenvalue weighted by atomic mass is 16.5. The van der Waals surface area contributed by atoms with Crippen LogP contribution in [0.15, 0.2) is 24.3 Å². The summed E-state index contributed by atoms with van der Waals surface area (Å²) in [6, 6.07) is 7.88. The average Bonchev–Trinajstić information content (AvgIpc) is 3.22. The van der Waals surface area contributed by atoms with Gasteiger partial charge in [-0.05, 0) is 49.8 Å². The molecule has 2 amide bonds. The minimum absolute atomic E-state index is 0.00569. The molecule has 142 valence electrons. The van der Waals surface area contributed by atoms with Gasteiger partial charge in [-0.2, -0.15) is 0 Å². The van der Waals surface area contributed by atoms with Crippen LogP contribution in [0, 0.1) is 5.92 Å². The van der Waals surface area contributed by atoms with Crippen molar-refractivity contribution >= 4 is 11.8 Å². The van der Waals surface area contributed by atoms with Crippen LogP contribution in [-0.4, -0.2) is 56.2 Å². The molecule has 2 heterocycles. The van der Waals surface area contributed by atoms with Crippen LogP contribution in [0.5, 0.6) is 5.75 Å². The van der Waals surface area contributed by atoms with E-state index < -0.39 is 0 Å². The lowest BCUT2D eigenvalue weighted by Gasteiger charge is -2.32. The van der Waals surface area contributed by atoms with Crippen LogP contribution in [0.3, 0.4) is 0 Å². The fraction of sp³-hybridized carbons (Fsp3) is 0.600. The summed E-state index contributed by atoms with van der Waals surface area (Å²) in [5, 5.41) is 3.03. The van der Waals surface area contributed by atoms with Gasteiger partial charge in [-0.15, -0.1) is 0 Å². The molecule has 0 spiro atoms. The van der Waals surface area contributed by atoms with Crippen LogP contribution in [-0.2, 0) is 20.7 Å². The molecule has 2 aliphatic heterocycles. The van der Waals surface area contributed by atoms with E-state index in [1.807, 2.05) is 29.2 Å². The molecule has 2 aliphatic rings. The number of carbonyl (C=O) groups is 2. The number of rotatable bonds is 6. The molecule has 0 aliphatic carbocycles. The normalized spacial score (nSPS) is 20.8. The highest BCUT2D eigenvalue weighted by Crippen LogP contribution is 2.21. The van der Waals surface area contributed by atoms with Gasteiger partial charge in [-0.1, -0.05) is 12.1 Å². The molecule has 1 atom stereocenters. The maximum Gasteiger partial charge on any atom is 0.251 e. The molecule has 26 heavy (non-hydrogen) atoms. The van der Waals surface area contributed by atoms with Gasteiger partial charge in [0.2, 0.25) is 5.91 Å². The van der Waals surface area contributed by atoms with E-state index >= 15 is 0 Å². The van der Waals surface area contributed by atoms with Gasteiger partial charge in [0, 0.05) is 32.2 Å². The quantitative estimate of drug-likeness (QED) is 0.840. The Morgan fingerprint density at radius 1 is 1.27 bits per heavy atom. The number of likely N-dealkylation sites (tertiary alicyclic amines) is 1. The second-order valence-electron chi connectivity index (χ2n) is 6.99. The highest BCUT2D eigenvalue weighted by Gasteiger charge is 2.32. The number of nitrogens with zero attached hydrogens (tertiary/aromatic N) is 1. The Labute approximate surface area is 154 Å². The van der Waals surface area contributed by atoms with E-state index in [4.69, 9.17) is 9.47 Å². The van der Waals surface area contributed by atoms with E-state index in [9.17, 15) is 9.59 Å². The Kier molecular flexibility index (Phi) is 6.50. The van der Waals surface area contributed by atoms with E-state index in [0.29, 0.717) is 26.2 Å². The smallest absolute Gasteiger partial charge is 0.251 e. The first kappa shape index (κ1) is 18.7. The molecule has 0 aromatic heterocycles. The van der Waals surface area contributed by atoms with Crippen LogP contribution in [0.1, 0.15) is 31.2 Å². The summed E-state index contributed by atoms with van der Waals surface area (Å²) in [4.78, 5) is 26.6. The zero-order valence-electron chi connectivity index (χ0n) is 15.4. The number of benzene rings is 1. The van der Waals surface area contributed by atoms with Gasteiger partial charge in [0.15, 0.2) is 0 Å². The molecule has 0 bridgehead atoms. The van der Waals surface area contributed by atoms with Crippen LogP contribution < -0.4 is 10.1 Å². The third kappa shape index (κ3) is 4.75. The number of hydrogen-bond donors (Lipinski definition) is 1. The van der Waals surface area contributed by atoms with E-state index in [1.54, 1.807) is 7.11 Å². The molecular weight excluding hydrogens is 332 g/mol. The van der Waals surface area contributed by atoms with Crippen LogP contribution in [0.2, 0.25) is 0 Å². The zero-order valence-corrected chi connectivity index (χ0v) is 15.4. The van der Waals surface area contributed by atoms with Crippen molar-refractivity contribution in [3.63, 3.8) is 0 Å². The molecule has 6 nitrogen and oxygen atoms in total. The Morgan fingerprint density at radius 2 is 2.08 bits per heavy atom. The largest absolute Gasteiger partial charge is 0.497 e. The fourth-order valence-corrected chi connectivity index (χ4v) is 3.64. The average molecular weight is 360 g/mol. The third-order valence-electron chi connectivity index (χ3n) is 5.23. The fourth-order valence-electron chi connectivity index (χ4n) is 3.64. The van der Waals surface area contributed by atoms with Crippen LogP contribution in [0.25, 0.3) is 0 Å². The molecule has 2 fully saturated rings.